The standard InChI is InChI=1S/C63H124NO38P5/c1-44-33-51(102-103(75,76)85-5)54(100-44)39-98-107(83,84)99-43-63(40-86-21-18-30-95-104(77,78)92-27-15-9-6-12-24-89-50-34-48(36-65)58(71)56(69)45(50)2,42-88-23-20-32-97-106(81,82)94-29-17-11-8-14-26-91-62-46(3)57(70)60(73)53(38-67)101-62)41-87-22-19-31-96-105(79,80)93-28-16-10-7-13-25-90-52-35-49(37-66)59(72)61(74)55(52)64-47(4)68/h44-46,48-62,65-67,69-74H,6-43H2,1-5H3,(H,64,68)(H,75,76)(H,77,78)(H,79,80)(H,81,82)(H,83,84)/p-5/t44-,45?,46?,48?,49?,50+,51?,52+,53?,54+,55?,56+,57+,58-,59-,60-,61+,62+,63?/m0/s1. The molecule has 13 unspecified atom stereocenters. The fourth-order valence-corrected chi connectivity index (χ4v) is 16.1. The van der Waals surface area contributed by atoms with Gasteiger partial charge >= 0.3 is 0 Å². The van der Waals surface area contributed by atoms with Crippen molar-refractivity contribution in [2.24, 2.45) is 29.1 Å². The summed E-state index contributed by atoms with van der Waals surface area (Å²) in [5.41, 5.74) is -1.64. The number of carbonyl (C=O) groups is 1. The number of hydrogen-bond acceptors (Lipinski definition) is 38. The molecule has 0 bridgehead atoms. The second kappa shape index (κ2) is 51.4. The van der Waals surface area contributed by atoms with Crippen LogP contribution in [0.2, 0.25) is 0 Å². The number of unbranched alkanes of at least 4 members (excludes halogenated alkanes) is 9. The first-order valence-electron chi connectivity index (χ1n) is 36.7. The molecule has 4 fully saturated rings. The number of rotatable bonds is 61. The van der Waals surface area contributed by atoms with Gasteiger partial charge in [0.15, 0.2) is 6.29 Å². The minimum Gasteiger partial charge on any atom is -0.756 e. The molecular formula is C63H119NO38P5-5. The van der Waals surface area contributed by atoms with E-state index in [-0.39, 0.29) is 104 Å². The van der Waals surface area contributed by atoms with E-state index in [0.29, 0.717) is 90.1 Å². The van der Waals surface area contributed by atoms with E-state index >= 15 is 0 Å². The zero-order chi connectivity index (χ0) is 79.3. The van der Waals surface area contributed by atoms with E-state index in [1.165, 1.54) is 6.92 Å². The summed E-state index contributed by atoms with van der Waals surface area (Å²) in [7, 11) is -23.8. The molecule has 4 rings (SSSR count). The van der Waals surface area contributed by atoms with E-state index in [1.807, 2.05) is 0 Å². The number of hydrogen-bond donors (Lipinski definition) is 10. The van der Waals surface area contributed by atoms with E-state index in [2.05, 4.69) is 9.84 Å². The van der Waals surface area contributed by atoms with Crippen LogP contribution in [-0.2, 0) is 111 Å². The summed E-state index contributed by atoms with van der Waals surface area (Å²) >= 11 is 0. The highest BCUT2D eigenvalue weighted by Gasteiger charge is 2.46. The fraction of sp³-hybridized carbons (Fsp3) is 0.984. The summed E-state index contributed by atoms with van der Waals surface area (Å²) in [4.78, 5) is 75.7. The number of phosphoric acid groups is 5. The summed E-state index contributed by atoms with van der Waals surface area (Å²) in [5.74, 6) is -2.51. The van der Waals surface area contributed by atoms with Gasteiger partial charge in [0.2, 0.25) is 5.91 Å². The minimum absolute atomic E-state index is 0.0161. The van der Waals surface area contributed by atoms with Crippen LogP contribution in [0.25, 0.3) is 0 Å². The molecule has 107 heavy (non-hydrogen) atoms. The summed E-state index contributed by atoms with van der Waals surface area (Å²) in [6, 6.07) is -0.896. The molecule has 0 spiro atoms. The van der Waals surface area contributed by atoms with Crippen molar-refractivity contribution in [2.45, 2.75) is 229 Å². The van der Waals surface area contributed by atoms with E-state index < -0.39 is 214 Å². The largest absolute Gasteiger partial charge is 0.756 e. The molecule has 2 aliphatic heterocycles. The maximum atomic E-state index is 13.6. The lowest BCUT2D eigenvalue weighted by Crippen LogP contribution is -2.61. The first-order valence-corrected chi connectivity index (χ1v) is 44.0. The zero-order valence-electron chi connectivity index (χ0n) is 61.9. The Kier molecular flexibility index (Phi) is 47.4. The third kappa shape index (κ3) is 38.3. The molecule has 2 aliphatic carbocycles. The molecular weight excluding hydrogens is 1530 g/mol. The van der Waals surface area contributed by atoms with Crippen LogP contribution in [0.5, 0.6) is 0 Å². The molecule has 44 heteroatoms. The normalized spacial score (nSPS) is 31.3. The predicted octanol–water partition coefficient (Wildman–Crippen LogP) is 0.0288. The summed E-state index contributed by atoms with van der Waals surface area (Å²) in [6.45, 7) is 0.232. The Hall–Kier alpha value is -0.660. The smallest absolute Gasteiger partial charge is 0.267 e. The highest BCUT2D eigenvalue weighted by molar-refractivity contribution is 7.46. The molecule has 4 aliphatic rings. The second-order valence-electron chi connectivity index (χ2n) is 27.5. The molecule has 0 aromatic heterocycles. The number of carbonyl (C=O) groups excluding carboxylic acids is 1. The van der Waals surface area contributed by atoms with Gasteiger partial charge in [0.1, 0.15) is 24.4 Å². The summed E-state index contributed by atoms with van der Waals surface area (Å²) in [6.07, 6.45) is -6.59. The van der Waals surface area contributed by atoms with Crippen molar-refractivity contribution in [2.75, 3.05) is 139 Å². The van der Waals surface area contributed by atoms with Crippen molar-refractivity contribution in [1.29, 1.82) is 0 Å². The average Bonchev–Trinajstić information content (AvgIpc) is 1.36. The Morgan fingerprint density at radius 1 is 0.421 bits per heavy atom. The molecule has 2 saturated carbocycles. The number of ether oxygens (including phenoxy) is 8. The van der Waals surface area contributed by atoms with Gasteiger partial charge < -0.3 is 159 Å². The Balaban J connectivity index is 1.33. The van der Waals surface area contributed by atoms with E-state index in [9.17, 15) is 98.0 Å². The van der Waals surface area contributed by atoms with Gasteiger partial charge in [-0.3, -0.25) is 27.6 Å². The van der Waals surface area contributed by atoms with Crippen molar-refractivity contribution in [3.63, 3.8) is 0 Å². The Morgan fingerprint density at radius 3 is 1.26 bits per heavy atom. The topological polar surface area (TPSA) is 578 Å². The lowest BCUT2D eigenvalue weighted by atomic mass is 9.77. The molecule has 24 atom stereocenters. The minimum atomic E-state index is -5.38. The van der Waals surface area contributed by atoms with Crippen molar-refractivity contribution < 1.29 is 181 Å². The zero-order valence-corrected chi connectivity index (χ0v) is 66.3. The van der Waals surface area contributed by atoms with Crippen molar-refractivity contribution in [3.05, 3.63) is 0 Å². The summed E-state index contributed by atoms with van der Waals surface area (Å²) < 4.78 is 161. The van der Waals surface area contributed by atoms with Gasteiger partial charge in [-0.2, -0.15) is 0 Å². The second-order valence-corrected chi connectivity index (χ2v) is 34.6. The van der Waals surface area contributed by atoms with Gasteiger partial charge in [-0.25, -0.2) is 0 Å². The highest BCUT2D eigenvalue weighted by atomic mass is 31.2. The number of nitrogens with one attached hydrogen (secondary N) is 1. The molecule has 0 aromatic rings. The predicted molar refractivity (Wildman–Crippen MR) is 364 cm³/mol. The highest BCUT2D eigenvalue weighted by Crippen LogP contribution is 2.46. The number of amides is 1. The van der Waals surface area contributed by atoms with Gasteiger partial charge in [0.25, 0.3) is 39.1 Å². The Morgan fingerprint density at radius 2 is 0.822 bits per heavy atom. The van der Waals surface area contributed by atoms with Gasteiger partial charge in [0, 0.05) is 97.0 Å². The fourth-order valence-electron chi connectivity index (χ4n) is 12.3. The maximum Gasteiger partial charge on any atom is 0.267 e. The lowest BCUT2D eigenvalue weighted by Gasteiger charge is -2.42. The number of aliphatic hydroxyl groups is 9. The van der Waals surface area contributed by atoms with Crippen LogP contribution < -0.4 is 29.8 Å². The SMILES string of the molecule is COP(=O)([O-])OC1C[C@H](C)O[C@@H]1COP(=O)([O-])OCC(COCCCOP(=O)([O-])OCCCCCCO[C@@H]1OC(CO)[C@H](O)[C@H](O)C1C)(COCCCOP(=O)([O-])OCCCCCCO[C@@H]1CC(CO)[C@H](O)[C@H](O)C1C)COCCCOP(=O)([O-])OCCCCCCO[C@@H]1CC(CO)[C@H](O)[C@H](O)C1NC(C)=O. The van der Waals surface area contributed by atoms with Crippen LogP contribution in [0, 0.1) is 29.1 Å². The van der Waals surface area contributed by atoms with E-state index in [1.54, 1.807) is 20.8 Å². The van der Waals surface area contributed by atoms with Crippen LogP contribution in [0.4, 0.5) is 0 Å². The molecule has 2 heterocycles. The average molecular weight is 1650 g/mol. The van der Waals surface area contributed by atoms with Crippen LogP contribution in [0.1, 0.15) is 143 Å². The number of aliphatic hydroxyl groups excluding tert-OH is 9. The van der Waals surface area contributed by atoms with Crippen LogP contribution in [-0.4, -0.2) is 277 Å². The third-order valence-corrected chi connectivity index (χ3v) is 23.4. The molecule has 0 radical (unpaired) electrons. The first kappa shape index (κ1) is 98.7. The third-order valence-electron chi connectivity index (χ3n) is 18.5. The monoisotopic (exact) mass is 1650 g/mol. The van der Waals surface area contributed by atoms with Gasteiger partial charge in [-0.15, -0.1) is 0 Å². The van der Waals surface area contributed by atoms with Crippen LogP contribution in [0.15, 0.2) is 0 Å². The summed E-state index contributed by atoms with van der Waals surface area (Å²) in [5, 5.41) is 93.2. The van der Waals surface area contributed by atoms with E-state index in [0.717, 1.165) is 7.11 Å². The molecule has 0 aromatic carbocycles. The van der Waals surface area contributed by atoms with Crippen molar-refractivity contribution in [1.82, 2.24) is 5.32 Å². The van der Waals surface area contributed by atoms with Crippen LogP contribution in [0.3, 0.4) is 0 Å². The molecule has 10 N–H and O–H groups in total. The molecule has 2 saturated heterocycles. The first-order chi connectivity index (χ1) is 50.6. The Bertz CT molecular complexity index is 2580. The lowest BCUT2D eigenvalue weighted by molar-refractivity contribution is -0.282. The van der Waals surface area contributed by atoms with Gasteiger partial charge in [0.05, 0.1) is 140 Å². The van der Waals surface area contributed by atoms with E-state index in [4.69, 9.17) is 78.6 Å². The van der Waals surface area contributed by atoms with Gasteiger partial charge in [-0.1, -0.05) is 52.4 Å². The quantitative estimate of drug-likeness (QED) is 0.0284. The number of phosphoric ester groups is 5. The van der Waals surface area contributed by atoms with Crippen molar-refractivity contribution >= 4 is 45.0 Å². The van der Waals surface area contributed by atoms with Crippen molar-refractivity contribution in [3.8, 4) is 0 Å². The maximum absolute atomic E-state index is 13.6. The van der Waals surface area contributed by atoms with Crippen LogP contribution >= 0.6 is 39.1 Å². The molecule has 39 nitrogen and oxygen atoms in total. The molecule has 1 amide bonds. The van der Waals surface area contributed by atoms with Gasteiger partial charge in [-0.05, 0) is 77.6 Å². The Labute approximate surface area is 626 Å². The molecule has 634 valence electrons.